The summed E-state index contributed by atoms with van der Waals surface area (Å²) < 4.78 is 5.48. The highest BCUT2D eigenvalue weighted by atomic mass is 35.5. The molecule has 0 N–H and O–H groups in total. The molecule has 0 bridgehead atoms. The van der Waals surface area contributed by atoms with Crippen LogP contribution in [0.15, 0.2) is 54.6 Å². The molecule has 2 aromatic rings. The molecule has 3 saturated heterocycles. The number of nitrogens with zero attached hydrogens (tertiary/aromatic N) is 2. The third-order valence-corrected chi connectivity index (χ3v) is 7.30. The summed E-state index contributed by atoms with van der Waals surface area (Å²) in [6, 6.07) is 16.2. The minimum atomic E-state index is -0.311. The molecule has 30 heavy (non-hydrogen) atoms. The van der Waals surface area contributed by atoms with Crippen molar-refractivity contribution in [2.75, 3.05) is 20.2 Å². The molecule has 3 atom stereocenters. The van der Waals surface area contributed by atoms with Crippen LogP contribution >= 0.6 is 11.6 Å². The van der Waals surface area contributed by atoms with Crippen molar-refractivity contribution in [2.45, 2.75) is 37.4 Å². The summed E-state index contributed by atoms with van der Waals surface area (Å²) in [5, 5.41) is 0.724. The fraction of sp³-hybridized carbons (Fsp3) is 0.400. The van der Waals surface area contributed by atoms with Gasteiger partial charge in [0.25, 0.3) is 0 Å². The van der Waals surface area contributed by atoms with E-state index in [1.54, 1.807) is 7.11 Å². The summed E-state index contributed by atoms with van der Waals surface area (Å²) in [7, 11) is 1.70. The van der Waals surface area contributed by atoms with Crippen LogP contribution in [0, 0.1) is 5.92 Å². The molecule has 0 radical (unpaired) electrons. The number of carbonyl (C=O) groups is 1. The van der Waals surface area contributed by atoms with E-state index in [0.29, 0.717) is 24.4 Å². The largest absolute Gasteiger partial charge is 0.496 e. The summed E-state index contributed by atoms with van der Waals surface area (Å²) in [6.07, 6.45) is 7.53. The van der Waals surface area contributed by atoms with Gasteiger partial charge < -0.3 is 9.64 Å². The molecule has 0 unspecified atom stereocenters. The number of likely N-dealkylation sites (tertiary alicyclic amines) is 1. The molecule has 3 fully saturated rings. The average Bonchev–Trinajstić information content (AvgIpc) is 3.38. The van der Waals surface area contributed by atoms with E-state index in [4.69, 9.17) is 16.3 Å². The second-order valence-electron chi connectivity index (χ2n) is 8.64. The quantitative estimate of drug-likeness (QED) is 0.704. The van der Waals surface area contributed by atoms with Crippen molar-refractivity contribution < 1.29 is 9.53 Å². The van der Waals surface area contributed by atoms with E-state index in [0.717, 1.165) is 54.3 Å². The van der Waals surface area contributed by atoms with Gasteiger partial charge in [0.05, 0.1) is 7.11 Å². The minimum Gasteiger partial charge on any atom is -0.496 e. The second kappa shape index (κ2) is 7.75. The van der Waals surface area contributed by atoms with Gasteiger partial charge in [-0.15, -0.1) is 0 Å². The van der Waals surface area contributed by atoms with Gasteiger partial charge >= 0.3 is 0 Å². The Labute approximate surface area is 183 Å². The fourth-order valence-corrected chi connectivity index (χ4v) is 6.04. The average molecular weight is 423 g/mol. The van der Waals surface area contributed by atoms with Crippen molar-refractivity contribution in [3.8, 4) is 5.75 Å². The first-order chi connectivity index (χ1) is 14.6. The summed E-state index contributed by atoms with van der Waals surface area (Å²) in [6.45, 7) is 2.47. The zero-order valence-electron chi connectivity index (χ0n) is 17.3. The molecule has 4 nitrogen and oxygen atoms in total. The third kappa shape index (κ3) is 3.14. The standard InChI is InChI=1S/C25H27ClN2O2/c1-30-23-9-3-2-7-19(23)10-11-22-15-20-17-27(16-18-6-4-8-21(26)14-18)24(29)25(20)12-5-13-28(22)25/h2-4,6-11,14,20,22H,5,12-13,15-17H2,1H3/b11-10+/t20-,22+,25-/m0/s1. The first kappa shape index (κ1) is 19.7. The molecule has 3 aliphatic heterocycles. The van der Waals surface area contributed by atoms with Crippen LogP contribution in [0.4, 0.5) is 0 Å². The van der Waals surface area contributed by atoms with Gasteiger partial charge in [0.15, 0.2) is 0 Å². The number of halogens is 1. The van der Waals surface area contributed by atoms with Crippen LogP contribution in [-0.4, -0.2) is 47.5 Å². The van der Waals surface area contributed by atoms with Crippen LogP contribution in [0.3, 0.4) is 0 Å². The number of ether oxygens (including phenoxy) is 1. The molecule has 0 aliphatic carbocycles. The molecular weight excluding hydrogens is 396 g/mol. The van der Waals surface area contributed by atoms with E-state index in [1.165, 1.54) is 0 Å². The second-order valence-corrected chi connectivity index (χ2v) is 9.07. The number of carbonyl (C=O) groups excluding carboxylic acids is 1. The molecule has 0 aromatic heterocycles. The van der Waals surface area contributed by atoms with Crippen LogP contribution in [0.1, 0.15) is 30.4 Å². The lowest BCUT2D eigenvalue weighted by Gasteiger charge is -2.32. The van der Waals surface area contributed by atoms with Crippen LogP contribution in [0.5, 0.6) is 5.75 Å². The molecule has 3 aliphatic rings. The Morgan fingerprint density at radius 2 is 2.10 bits per heavy atom. The smallest absolute Gasteiger partial charge is 0.243 e. The SMILES string of the molecule is COc1ccccc1/C=C/[C@@H]1C[C@H]2CN(Cc3cccc(Cl)c3)C(=O)[C@]23CCCN13. The first-order valence-corrected chi connectivity index (χ1v) is 11.1. The van der Waals surface area contributed by atoms with Gasteiger partial charge in [-0.3, -0.25) is 9.69 Å². The molecule has 1 spiro atoms. The molecule has 3 heterocycles. The van der Waals surface area contributed by atoms with Crippen LogP contribution in [-0.2, 0) is 11.3 Å². The zero-order valence-corrected chi connectivity index (χ0v) is 18.0. The fourth-order valence-electron chi connectivity index (χ4n) is 5.82. The monoisotopic (exact) mass is 422 g/mol. The van der Waals surface area contributed by atoms with Crippen molar-refractivity contribution in [1.29, 1.82) is 0 Å². The van der Waals surface area contributed by atoms with E-state index in [9.17, 15) is 4.79 Å². The highest BCUT2D eigenvalue weighted by Crippen LogP contribution is 2.52. The summed E-state index contributed by atoms with van der Waals surface area (Å²) >= 11 is 6.15. The summed E-state index contributed by atoms with van der Waals surface area (Å²) in [5.74, 6) is 1.57. The minimum absolute atomic E-state index is 0.304. The number of methoxy groups -OCH3 is 1. The molecular formula is C25H27ClN2O2. The number of rotatable bonds is 5. The first-order valence-electron chi connectivity index (χ1n) is 10.7. The van der Waals surface area contributed by atoms with Crippen LogP contribution in [0.2, 0.25) is 5.02 Å². The lowest BCUT2D eigenvalue weighted by Crippen LogP contribution is -2.50. The highest BCUT2D eigenvalue weighted by Gasteiger charge is 2.64. The molecule has 0 saturated carbocycles. The highest BCUT2D eigenvalue weighted by molar-refractivity contribution is 6.30. The Hall–Kier alpha value is -2.30. The third-order valence-electron chi connectivity index (χ3n) is 7.07. The van der Waals surface area contributed by atoms with Gasteiger partial charge in [0, 0.05) is 35.6 Å². The van der Waals surface area contributed by atoms with Gasteiger partial charge in [0.1, 0.15) is 11.3 Å². The van der Waals surface area contributed by atoms with E-state index in [-0.39, 0.29) is 5.54 Å². The Morgan fingerprint density at radius 3 is 2.93 bits per heavy atom. The van der Waals surface area contributed by atoms with Crippen molar-refractivity contribution in [2.24, 2.45) is 5.92 Å². The van der Waals surface area contributed by atoms with E-state index in [2.05, 4.69) is 34.1 Å². The maximum atomic E-state index is 13.6. The van der Waals surface area contributed by atoms with Crippen molar-refractivity contribution in [3.05, 3.63) is 70.8 Å². The predicted molar refractivity (Wildman–Crippen MR) is 119 cm³/mol. The van der Waals surface area contributed by atoms with Crippen molar-refractivity contribution >= 4 is 23.6 Å². The number of amides is 1. The number of hydrogen-bond acceptors (Lipinski definition) is 3. The van der Waals surface area contributed by atoms with Crippen LogP contribution < -0.4 is 4.74 Å². The van der Waals surface area contributed by atoms with E-state index >= 15 is 0 Å². The number of para-hydroxylation sites is 1. The maximum absolute atomic E-state index is 13.6. The van der Waals surface area contributed by atoms with Gasteiger partial charge in [-0.25, -0.2) is 0 Å². The van der Waals surface area contributed by atoms with Crippen LogP contribution in [0.25, 0.3) is 6.08 Å². The predicted octanol–water partition coefficient (Wildman–Crippen LogP) is 4.63. The summed E-state index contributed by atoms with van der Waals surface area (Å²) in [5.41, 5.74) is 1.87. The molecule has 5 rings (SSSR count). The van der Waals surface area contributed by atoms with Gasteiger partial charge in [-0.2, -0.15) is 0 Å². The summed E-state index contributed by atoms with van der Waals surface area (Å²) in [4.78, 5) is 18.1. The maximum Gasteiger partial charge on any atom is 0.243 e. The number of hydrogen-bond donors (Lipinski definition) is 0. The van der Waals surface area contributed by atoms with Gasteiger partial charge in [-0.1, -0.05) is 54.1 Å². The molecule has 5 heteroatoms. The normalized spacial score (nSPS) is 28.3. The number of benzene rings is 2. The Bertz CT molecular complexity index is 991. The Kier molecular flexibility index (Phi) is 5.08. The molecule has 1 amide bonds. The lowest BCUT2D eigenvalue weighted by atomic mass is 9.85. The lowest BCUT2D eigenvalue weighted by molar-refractivity contribution is -0.137. The molecule has 2 aromatic carbocycles. The van der Waals surface area contributed by atoms with Gasteiger partial charge in [-0.05, 0) is 49.6 Å². The van der Waals surface area contributed by atoms with E-state index < -0.39 is 0 Å². The van der Waals surface area contributed by atoms with E-state index in [1.807, 2.05) is 36.4 Å². The Morgan fingerprint density at radius 1 is 1.23 bits per heavy atom. The zero-order chi connectivity index (χ0) is 20.7. The van der Waals surface area contributed by atoms with Crippen molar-refractivity contribution in [1.82, 2.24) is 9.80 Å². The Balaban J connectivity index is 1.36. The molecule has 156 valence electrons. The topological polar surface area (TPSA) is 32.8 Å². The van der Waals surface area contributed by atoms with Gasteiger partial charge in [0.2, 0.25) is 5.91 Å². The van der Waals surface area contributed by atoms with Crippen molar-refractivity contribution in [3.63, 3.8) is 0 Å².